The number of methoxy groups -OCH3 is 1. The second-order valence-corrected chi connectivity index (χ2v) is 4.60. The van der Waals surface area contributed by atoms with Crippen molar-refractivity contribution in [2.45, 2.75) is 20.4 Å². The molecule has 1 heterocycles. The number of nitrogens with zero attached hydrogens (tertiary/aromatic N) is 1. The third-order valence-corrected chi connectivity index (χ3v) is 3.56. The molecule has 2 aromatic rings. The summed E-state index contributed by atoms with van der Waals surface area (Å²) in [6.07, 6.45) is 0. The van der Waals surface area contributed by atoms with E-state index in [-0.39, 0.29) is 12.1 Å². The molecule has 2 rings (SSSR count). The molecule has 0 fully saturated rings. The van der Waals surface area contributed by atoms with Crippen LogP contribution in [-0.4, -0.2) is 18.3 Å². The first-order chi connectivity index (χ1) is 9.56. The van der Waals surface area contributed by atoms with Gasteiger partial charge in [0.2, 0.25) is 0 Å². The number of aromatic nitrogens is 1. The van der Waals surface area contributed by atoms with Crippen molar-refractivity contribution in [3.63, 3.8) is 0 Å². The second kappa shape index (κ2) is 5.54. The molecule has 1 aromatic heterocycles. The molecule has 0 bridgehead atoms. The Bertz CT molecular complexity index is 705. The summed E-state index contributed by atoms with van der Waals surface area (Å²) in [5.74, 6) is 1.22. The van der Waals surface area contributed by atoms with Gasteiger partial charge in [0.1, 0.15) is 0 Å². The molecule has 1 aromatic carbocycles. The van der Waals surface area contributed by atoms with Crippen LogP contribution in [0.4, 0.5) is 0 Å². The van der Waals surface area contributed by atoms with E-state index in [9.17, 15) is 4.79 Å². The molecular weight excluding hydrogens is 256 g/mol. The van der Waals surface area contributed by atoms with Gasteiger partial charge in [-0.15, -0.1) is 0 Å². The molecule has 5 nitrogen and oxygen atoms in total. The van der Waals surface area contributed by atoms with Crippen molar-refractivity contribution in [2.24, 2.45) is 12.8 Å². The monoisotopic (exact) mass is 276 g/mol. The third-order valence-electron chi connectivity index (χ3n) is 3.56. The van der Waals surface area contributed by atoms with E-state index < -0.39 is 0 Å². The van der Waals surface area contributed by atoms with Crippen LogP contribution in [0, 0.1) is 6.92 Å². The number of rotatable bonds is 4. The van der Waals surface area contributed by atoms with E-state index in [1.807, 2.05) is 26.0 Å². The van der Waals surface area contributed by atoms with E-state index in [1.54, 1.807) is 18.7 Å². The minimum absolute atomic E-state index is 0.0910. The summed E-state index contributed by atoms with van der Waals surface area (Å²) < 4.78 is 12.6. The maximum atomic E-state index is 12.4. The van der Waals surface area contributed by atoms with Crippen LogP contribution in [0.2, 0.25) is 0 Å². The van der Waals surface area contributed by atoms with E-state index in [1.165, 1.54) is 0 Å². The van der Waals surface area contributed by atoms with Gasteiger partial charge in [-0.3, -0.25) is 4.79 Å². The Morgan fingerprint density at radius 1 is 1.35 bits per heavy atom. The fraction of sp³-hybridized carbons (Fsp3) is 0.400. The fourth-order valence-electron chi connectivity index (χ4n) is 2.50. The van der Waals surface area contributed by atoms with Gasteiger partial charge in [0.05, 0.1) is 19.2 Å². The molecule has 0 aliphatic rings. The Labute approximate surface area is 117 Å². The van der Waals surface area contributed by atoms with E-state index in [0.29, 0.717) is 23.7 Å². The third kappa shape index (κ3) is 2.04. The van der Waals surface area contributed by atoms with Crippen LogP contribution in [-0.2, 0) is 13.6 Å². The summed E-state index contributed by atoms with van der Waals surface area (Å²) >= 11 is 0. The predicted molar refractivity (Wildman–Crippen MR) is 79.5 cm³/mol. The highest BCUT2D eigenvalue weighted by Crippen LogP contribution is 2.36. The van der Waals surface area contributed by atoms with Gasteiger partial charge in [-0.2, -0.15) is 0 Å². The normalized spacial score (nSPS) is 10.8. The van der Waals surface area contributed by atoms with Gasteiger partial charge in [-0.05, 0) is 31.5 Å². The lowest BCUT2D eigenvalue weighted by molar-refractivity contribution is 0.313. The molecule has 20 heavy (non-hydrogen) atoms. The van der Waals surface area contributed by atoms with E-state index in [4.69, 9.17) is 15.2 Å². The SMILES string of the molecule is CCOc1c(OC)ccc2c(C)c(CN)c(=O)n(C)c12. The highest BCUT2D eigenvalue weighted by atomic mass is 16.5. The zero-order valence-corrected chi connectivity index (χ0v) is 12.3. The number of fused-ring (bicyclic) bond motifs is 1. The first-order valence-corrected chi connectivity index (χ1v) is 6.58. The number of benzene rings is 1. The average Bonchev–Trinajstić information content (AvgIpc) is 2.45. The molecule has 0 saturated carbocycles. The molecule has 0 aliphatic carbocycles. The minimum atomic E-state index is -0.0910. The van der Waals surface area contributed by atoms with Gasteiger partial charge < -0.3 is 19.8 Å². The van der Waals surface area contributed by atoms with Crippen LogP contribution in [0.1, 0.15) is 18.1 Å². The van der Waals surface area contributed by atoms with Crippen molar-refractivity contribution < 1.29 is 9.47 Å². The second-order valence-electron chi connectivity index (χ2n) is 4.60. The molecule has 0 amide bonds. The highest BCUT2D eigenvalue weighted by molar-refractivity contribution is 5.90. The van der Waals surface area contributed by atoms with Crippen molar-refractivity contribution in [1.82, 2.24) is 4.57 Å². The molecule has 0 atom stereocenters. The number of pyridine rings is 1. The number of aryl methyl sites for hydroxylation is 2. The highest BCUT2D eigenvalue weighted by Gasteiger charge is 2.17. The van der Waals surface area contributed by atoms with Crippen LogP contribution >= 0.6 is 0 Å². The maximum Gasteiger partial charge on any atom is 0.255 e. The summed E-state index contributed by atoms with van der Waals surface area (Å²) in [7, 11) is 3.31. The van der Waals surface area contributed by atoms with Crippen molar-refractivity contribution in [3.05, 3.63) is 33.6 Å². The Hall–Kier alpha value is -2.01. The summed E-state index contributed by atoms with van der Waals surface area (Å²) in [6.45, 7) is 4.54. The number of hydrogen-bond donors (Lipinski definition) is 1. The Morgan fingerprint density at radius 3 is 2.60 bits per heavy atom. The Morgan fingerprint density at radius 2 is 2.05 bits per heavy atom. The van der Waals surface area contributed by atoms with Gasteiger partial charge >= 0.3 is 0 Å². The van der Waals surface area contributed by atoms with Crippen molar-refractivity contribution in [3.8, 4) is 11.5 Å². The van der Waals surface area contributed by atoms with Crippen molar-refractivity contribution in [1.29, 1.82) is 0 Å². The lowest BCUT2D eigenvalue weighted by Crippen LogP contribution is -2.25. The number of ether oxygens (including phenoxy) is 2. The molecule has 108 valence electrons. The van der Waals surface area contributed by atoms with Crippen LogP contribution < -0.4 is 20.8 Å². The van der Waals surface area contributed by atoms with Crippen molar-refractivity contribution >= 4 is 10.9 Å². The molecule has 0 saturated heterocycles. The van der Waals surface area contributed by atoms with Gasteiger partial charge in [-0.1, -0.05) is 0 Å². The topological polar surface area (TPSA) is 66.5 Å². The van der Waals surface area contributed by atoms with Gasteiger partial charge in [0.25, 0.3) is 5.56 Å². The largest absolute Gasteiger partial charge is 0.493 e. The van der Waals surface area contributed by atoms with Crippen LogP contribution in [0.25, 0.3) is 10.9 Å². The Kier molecular flexibility index (Phi) is 3.99. The van der Waals surface area contributed by atoms with Crippen LogP contribution in [0.3, 0.4) is 0 Å². The molecule has 0 unspecified atom stereocenters. The van der Waals surface area contributed by atoms with Gasteiger partial charge in [0, 0.05) is 24.5 Å². The standard InChI is InChI=1S/C15H20N2O3/c1-5-20-14-12(19-4)7-6-10-9(2)11(8-16)15(18)17(3)13(10)14/h6-7H,5,8,16H2,1-4H3. The molecule has 5 heteroatoms. The predicted octanol–water partition coefficient (Wildman–Crippen LogP) is 1.71. The number of nitrogens with two attached hydrogens (primary N) is 1. The fourth-order valence-corrected chi connectivity index (χ4v) is 2.50. The maximum absolute atomic E-state index is 12.4. The van der Waals surface area contributed by atoms with E-state index in [0.717, 1.165) is 16.5 Å². The summed E-state index contributed by atoms with van der Waals surface area (Å²) in [5.41, 5.74) is 7.87. The zero-order chi connectivity index (χ0) is 14.9. The summed E-state index contributed by atoms with van der Waals surface area (Å²) in [5, 5.41) is 0.955. The van der Waals surface area contributed by atoms with Crippen LogP contribution in [0.15, 0.2) is 16.9 Å². The molecule has 0 spiro atoms. The lowest BCUT2D eigenvalue weighted by Gasteiger charge is -2.17. The first-order valence-electron chi connectivity index (χ1n) is 6.58. The van der Waals surface area contributed by atoms with E-state index >= 15 is 0 Å². The van der Waals surface area contributed by atoms with Crippen molar-refractivity contribution in [2.75, 3.05) is 13.7 Å². The zero-order valence-electron chi connectivity index (χ0n) is 12.3. The molecule has 0 aliphatic heterocycles. The Balaban J connectivity index is 2.98. The van der Waals surface area contributed by atoms with Gasteiger partial charge in [0.15, 0.2) is 11.5 Å². The lowest BCUT2D eigenvalue weighted by atomic mass is 10.0. The van der Waals surface area contributed by atoms with Crippen LogP contribution in [0.5, 0.6) is 11.5 Å². The van der Waals surface area contributed by atoms with Gasteiger partial charge in [-0.25, -0.2) is 0 Å². The van der Waals surface area contributed by atoms with E-state index in [2.05, 4.69) is 0 Å². The quantitative estimate of drug-likeness (QED) is 0.923. The minimum Gasteiger partial charge on any atom is -0.493 e. The molecular formula is C15H20N2O3. The molecule has 0 radical (unpaired) electrons. The first kappa shape index (κ1) is 14.4. The average molecular weight is 276 g/mol. The molecule has 2 N–H and O–H groups in total. The number of hydrogen-bond acceptors (Lipinski definition) is 4. The summed E-state index contributed by atoms with van der Waals surface area (Å²) in [6, 6.07) is 3.79. The summed E-state index contributed by atoms with van der Waals surface area (Å²) in [4.78, 5) is 12.4. The smallest absolute Gasteiger partial charge is 0.255 e.